The molecule has 0 amide bonds. The lowest BCUT2D eigenvalue weighted by Crippen LogP contribution is -2.01. The zero-order valence-corrected chi connectivity index (χ0v) is 13.4. The van der Waals surface area contributed by atoms with E-state index in [-0.39, 0.29) is 0 Å². The van der Waals surface area contributed by atoms with E-state index in [0.717, 1.165) is 27.8 Å². The van der Waals surface area contributed by atoms with Crippen LogP contribution in [0.2, 0.25) is 0 Å². The number of benzene rings is 2. The van der Waals surface area contributed by atoms with Crippen molar-refractivity contribution in [3.05, 3.63) is 78.3 Å². The maximum absolute atomic E-state index is 5.58. The van der Waals surface area contributed by atoms with Gasteiger partial charge in [0.05, 0.1) is 17.8 Å². The number of hydrogen-bond acceptors (Lipinski definition) is 4. The smallest absolute Gasteiger partial charge is 0.226 e. The van der Waals surface area contributed by atoms with Crippen molar-refractivity contribution in [2.45, 2.75) is 13.5 Å². The van der Waals surface area contributed by atoms with Gasteiger partial charge in [-0.05, 0) is 30.7 Å². The average Bonchev–Trinajstić information content (AvgIpc) is 3.10. The van der Waals surface area contributed by atoms with Crippen LogP contribution in [0.3, 0.4) is 0 Å². The molecule has 0 bridgehead atoms. The van der Waals surface area contributed by atoms with Crippen LogP contribution < -0.4 is 5.32 Å². The highest BCUT2D eigenvalue weighted by molar-refractivity contribution is 5.92. The molecule has 0 saturated heterocycles. The number of para-hydroxylation sites is 1. The van der Waals surface area contributed by atoms with Gasteiger partial charge in [-0.1, -0.05) is 36.4 Å². The molecule has 0 aliphatic rings. The van der Waals surface area contributed by atoms with Crippen LogP contribution in [0.1, 0.15) is 11.3 Å². The summed E-state index contributed by atoms with van der Waals surface area (Å²) in [7, 11) is 0. The number of aryl methyl sites for hydroxylation is 1. The Morgan fingerprint density at radius 3 is 2.75 bits per heavy atom. The first-order chi connectivity index (χ1) is 11.8. The lowest BCUT2D eigenvalue weighted by molar-refractivity contribution is 0.573. The second kappa shape index (κ2) is 6.16. The Labute approximate surface area is 140 Å². The van der Waals surface area contributed by atoms with Gasteiger partial charge in [-0.2, -0.15) is 0 Å². The fraction of sp³-hybridized carbons (Fsp3) is 0.100. The highest BCUT2D eigenvalue weighted by Crippen LogP contribution is 2.24. The van der Waals surface area contributed by atoms with E-state index in [1.54, 1.807) is 6.26 Å². The minimum absolute atomic E-state index is 0.601. The zero-order chi connectivity index (χ0) is 16.4. The van der Waals surface area contributed by atoms with Crippen molar-refractivity contribution in [2.75, 3.05) is 5.32 Å². The molecule has 4 nitrogen and oxygen atoms in total. The average molecular weight is 315 g/mol. The predicted octanol–water partition coefficient (Wildman–Crippen LogP) is 4.81. The maximum atomic E-state index is 5.58. The molecular weight excluding hydrogens is 298 g/mol. The van der Waals surface area contributed by atoms with Crippen LogP contribution >= 0.6 is 0 Å². The molecule has 2 aromatic heterocycles. The van der Waals surface area contributed by atoms with Crippen molar-refractivity contribution in [3.63, 3.8) is 0 Å². The van der Waals surface area contributed by atoms with E-state index in [2.05, 4.69) is 34.3 Å². The number of rotatable bonds is 4. The lowest BCUT2D eigenvalue weighted by atomic mass is 10.1. The molecule has 4 rings (SSSR count). The van der Waals surface area contributed by atoms with Gasteiger partial charge < -0.3 is 9.73 Å². The van der Waals surface area contributed by atoms with E-state index < -0.39 is 0 Å². The topological polar surface area (TPSA) is 51.0 Å². The summed E-state index contributed by atoms with van der Waals surface area (Å²) in [4.78, 5) is 9.01. The molecule has 0 atom stereocenters. The zero-order valence-electron chi connectivity index (χ0n) is 13.4. The van der Waals surface area contributed by atoms with E-state index in [0.29, 0.717) is 12.4 Å². The van der Waals surface area contributed by atoms with E-state index in [1.807, 2.05) is 48.7 Å². The summed E-state index contributed by atoms with van der Waals surface area (Å²) in [5.41, 5.74) is 5.09. The van der Waals surface area contributed by atoms with Gasteiger partial charge in [0.1, 0.15) is 6.26 Å². The number of oxazole rings is 1. The van der Waals surface area contributed by atoms with Crippen molar-refractivity contribution in [1.29, 1.82) is 0 Å². The molecule has 0 radical (unpaired) electrons. The molecule has 4 heteroatoms. The lowest BCUT2D eigenvalue weighted by Gasteiger charge is -2.09. The number of fused-ring (bicyclic) bond motifs is 1. The van der Waals surface area contributed by atoms with Crippen molar-refractivity contribution < 1.29 is 4.42 Å². The standard InChI is InChI=1S/C20H17N3O/c1-14-6-5-9-17-18(10-11-21-19(14)17)22-12-16-13-24-20(23-16)15-7-3-2-4-8-15/h2-11,13H,12H2,1H3,(H,21,22). The molecule has 4 aromatic rings. The largest absolute Gasteiger partial charge is 0.444 e. The number of pyridine rings is 1. The molecule has 0 spiro atoms. The molecule has 24 heavy (non-hydrogen) atoms. The number of hydrogen-bond donors (Lipinski definition) is 1. The summed E-state index contributed by atoms with van der Waals surface area (Å²) < 4.78 is 5.58. The van der Waals surface area contributed by atoms with Crippen LogP contribution in [0.4, 0.5) is 5.69 Å². The van der Waals surface area contributed by atoms with Crippen molar-refractivity contribution in [2.24, 2.45) is 0 Å². The highest BCUT2D eigenvalue weighted by Gasteiger charge is 2.08. The van der Waals surface area contributed by atoms with Gasteiger partial charge >= 0.3 is 0 Å². The first-order valence-electron chi connectivity index (χ1n) is 7.89. The fourth-order valence-electron chi connectivity index (χ4n) is 2.77. The predicted molar refractivity (Wildman–Crippen MR) is 95.7 cm³/mol. The molecule has 2 heterocycles. The van der Waals surface area contributed by atoms with Crippen LogP contribution in [0.5, 0.6) is 0 Å². The highest BCUT2D eigenvalue weighted by atomic mass is 16.3. The minimum atomic E-state index is 0.601. The molecule has 0 fully saturated rings. The molecule has 0 aliphatic heterocycles. The van der Waals surface area contributed by atoms with E-state index in [9.17, 15) is 0 Å². The molecule has 1 N–H and O–H groups in total. The molecule has 2 aromatic carbocycles. The third-order valence-electron chi connectivity index (χ3n) is 4.01. The second-order valence-corrected chi connectivity index (χ2v) is 5.69. The minimum Gasteiger partial charge on any atom is -0.444 e. The van der Waals surface area contributed by atoms with E-state index in [4.69, 9.17) is 4.42 Å². The van der Waals surface area contributed by atoms with Crippen LogP contribution in [0.15, 0.2) is 71.5 Å². The van der Waals surface area contributed by atoms with Gasteiger partial charge in [-0.25, -0.2) is 4.98 Å². The Bertz CT molecular complexity index is 977. The molecule has 0 aliphatic carbocycles. The van der Waals surface area contributed by atoms with E-state index >= 15 is 0 Å². The number of nitrogens with zero attached hydrogens (tertiary/aromatic N) is 2. The number of nitrogens with one attached hydrogen (secondary N) is 1. The summed E-state index contributed by atoms with van der Waals surface area (Å²) >= 11 is 0. The fourth-order valence-corrected chi connectivity index (χ4v) is 2.77. The first-order valence-corrected chi connectivity index (χ1v) is 7.89. The van der Waals surface area contributed by atoms with Gasteiger partial charge in [-0.3, -0.25) is 4.98 Å². The summed E-state index contributed by atoms with van der Waals surface area (Å²) in [6.07, 6.45) is 3.53. The summed E-state index contributed by atoms with van der Waals surface area (Å²) in [5.74, 6) is 0.642. The van der Waals surface area contributed by atoms with Gasteiger partial charge in [0.2, 0.25) is 5.89 Å². The molecule has 0 unspecified atom stereocenters. The van der Waals surface area contributed by atoms with Gasteiger partial charge in [-0.15, -0.1) is 0 Å². The Balaban J connectivity index is 1.56. The van der Waals surface area contributed by atoms with Gasteiger partial charge in [0.15, 0.2) is 0 Å². The van der Waals surface area contributed by atoms with Crippen molar-refractivity contribution in [3.8, 4) is 11.5 Å². The second-order valence-electron chi connectivity index (χ2n) is 5.69. The first kappa shape index (κ1) is 14.5. The summed E-state index contributed by atoms with van der Waals surface area (Å²) in [6.45, 7) is 2.67. The normalized spacial score (nSPS) is 10.9. The third-order valence-corrected chi connectivity index (χ3v) is 4.01. The van der Waals surface area contributed by atoms with Crippen LogP contribution in [0.25, 0.3) is 22.4 Å². The van der Waals surface area contributed by atoms with Crippen LogP contribution in [0, 0.1) is 6.92 Å². The Morgan fingerprint density at radius 2 is 1.88 bits per heavy atom. The van der Waals surface area contributed by atoms with Crippen molar-refractivity contribution in [1.82, 2.24) is 9.97 Å². The summed E-state index contributed by atoms with van der Waals surface area (Å²) in [5, 5.41) is 4.55. The maximum Gasteiger partial charge on any atom is 0.226 e. The summed E-state index contributed by atoms with van der Waals surface area (Å²) in [6, 6.07) is 18.1. The number of aromatic nitrogens is 2. The Morgan fingerprint density at radius 1 is 1.00 bits per heavy atom. The van der Waals surface area contributed by atoms with Crippen molar-refractivity contribution >= 4 is 16.6 Å². The van der Waals surface area contributed by atoms with Crippen LogP contribution in [-0.4, -0.2) is 9.97 Å². The van der Waals surface area contributed by atoms with Gasteiger partial charge in [0, 0.05) is 22.8 Å². The number of anilines is 1. The molecular formula is C20H17N3O. The third kappa shape index (κ3) is 2.74. The quantitative estimate of drug-likeness (QED) is 0.587. The van der Waals surface area contributed by atoms with E-state index in [1.165, 1.54) is 5.56 Å². The van der Waals surface area contributed by atoms with Gasteiger partial charge in [0.25, 0.3) is 0 Å². The SMILES string of the molecule is Cc1cccc2c(NCc3coc(-c4ccccc4)n3)ccnc12. The molecule has 0 saturated carbocycles. The Kier molecular flexibility index (Phi) is 3.71. The Hall–Kier alpha value is -3.14. The molecule has 118 valence electrons. The van der Waals surface area contributed by atoms with Crippen LogP contribution in [-0.2, 0) is 6.54 Å². The monoisotopic (exact) mass is 315 g/mol.